The zero-order chi connectivity index (χ0) is 17.5. The average Bonchev–Trinajstić information content (AvgIpc) is 2.54. The normalized spacial score (nSPS) is 10.3. The fourth-order valence-electron chi connectivity index (χ4n) is 2.21. The van der Waals surface area contributed by atoms with Crippen LogP contribution in [0, 0.1) is 13.8 Å². The Bertz CT molecular complexity index is 680. The van der Waals surface area contributed by atoms with Crippen LogP contribution in [0.2, 0.25) is 10.0 Å². The number of hydrogen-bond acceptors (Lipinski definition) is 2. The third-order valence-electron chi connectivity index (χ3n) is 3.49. The fraction of sp³-hybridized carbons (Fsp3) is 0.278. The summed E-state index contributed by atoms with van der Waals surface area (Å²) in [6, 6.07) is 11.0. The molecule has 0 spiro atoms. The Kier molecular flexibility index (Phi) is 6.76. The minimum absolute atomic E-state index is 0.0906. The van der Waals surface area contributed by atoms with Gasteiger partial charge in [0.25, 0.3) is 0 Å². The predicted octanol–water partition coefficient (Wildman–Crippen LogP) is 4.49. The monoisotopic (exact) mass is 366 g/mol. The van der Waals surface area contributed by atoms with E-state index >= 15 is 0 Å². The molecule has 0 atom stereocenters. The van der Waals surface area contributed by atoms with Crippen molar-refractivity contribution < 1.29 is 9.53 Å². The van der Waals surface area contributed by atoms with E-state index in [2.05, 4.69) is 10.6 Å². The summed E-state index contributed by atoms with van der Waals surface area (Å²) in [5.41, 5.74) is 3.00. The first kappa shape index (κ1) is 18.4. The Morgan fingerprint density at radius 3 is 2.29 bits per heavy atom. The molecule has 0 unspecified atom stereocenters. The number of halogens is 2. The predicted molar refractivity (Wildman–Crippen MR) is 98.1 cm³/mol. The van der Waals surface area contributed by atoms with Gasteiger partial charge in [0.1, 0.15) is 5.75 Å². The van der Waals surface area contributed by atoms with E-state index in [4.69, 9.17) is 27.9 Å². The van der Waals surface area contributed by atoms with Gasteiger partial charge in [-0.25, -0.2) is 4.79 Å². The standard InChI is InChI=1S/C18H20Cl2N2O2/c1-12-9-16(10-13(2)17(12)20)24-11-22-18(23)21-8-7-14-3-5-15(19)6-4-14/h3-6,9-10H,7-8,11H2,1-2H3,(H2,21,22,23). The van der Waals surface area contributed by atoms with Gasteiger partial charge in [0.2, 0.25) is 0 Å². The van der Waals surface area contributed by atoms with Gasteiger partial charge in [-0.15, -0.1) is 0 Å². The number of benzene rings is 2. The number of urea groups is 1. The largest absolute Gasteiger partial charge is 0.473 e. The number of aryl methyl sites for hydroxylation is 2. The van der Waals surface area contributed by atoms with E-state index < -0.39 is 0 Å². The van der Waals surface area contributed by atoms with E-state index in [0.29, 0.717) is 17.3 Å². The third-order valence-corrected chi connectivity index (χ3v) is 4.34. The topological polar surface area (TPSA) is 50.4 Å². The molecule has 2 rings (SSSR count). The summed E-state index contributed by atoms with van der Waals surface area (Å²) in [5.74, 6) is 0.677. The first-order valence-electron chi connectivity index (χ1n) is 7.61. The van der Waals surface area contributed by atoms with E-state index in [1.165, 1.54) is 0 Å². The van der Waals surface area contributed by atoms with Crippen LogP contribution >= 0.6 is 23.2 Å². The summed E-state index contributed by atoms with van der Waals surface area (Å²) in [4.78, 5) is 11.7. The number of carbonyl (C=O) groups excluding carboxylic acids is 1. The molecule has 0 heterocycles. The summed E-state index contributed by atoms with van der Waals surface area (Å²) in [6.45, 7) is 4.46. The Hall–Kier alpha value is -1.91. The van der Waals surface area contributed by atoms with Crippen molar-refractivity contribution in [1.29, 1.82) is 0 Å². The van der Waals surface area contributed by atoms with Crippen LogP contribution in [-0.2, 0) is 6.42 Å². The molecule has 2 aromatic carbocycles. The van der Waals surface area contributed by atoms with Gasteiger partial charge in [-0.2, -0.15) is 0 Å². The first-order chi connectivity index (χ1) is 11.5. The van der Waals surface area contributed by atoms with Gasteiger partial charge in [-0.05, 0) is 61.2 Å². The number of rotatable bonds is 6. The van der Waals surface area contributed by atoms with E-state index in [9.17, 15) is 4.79 Å². The lowest BCUT2D eigenvalue weighted by Gasteiger charge is -2.11. The summed E-state index contributed by atoms with van der Waals surface area (Å²) in [5, 5.41) is 6.87. The smallest absolute Gasteiger partial charge is 0.317 e. The van der Waals surface area contributed by atoms with Crippen LogP contribution < -0.4 is 15.4 Å². The summed E-state index contributed by atoms with van der Waals surface area (Å²) in [7, 11) is 0. The number of hydrogen-bond donors (Lipinski definition) is 2. The molecule has 0 saturated heterocycles. The van der Waals surface area contributed by atoms with Crippen molar-refractivity contribution in [3.63, 3.8) is 0 Å². The highest BCUT2D eigenvalue weighted by Crippen LogP contribution is 2.25. The Labute approximate surface area is 152 Å². The molecule has 4 nitrogen and oxygen atoms in total. The molecular weight excluding hydrogens is 347 g/mol. The van der Waals surface area contributed by atoms with Gasteiger partial charge in [-0.3, -0.25) is 0 Å². The lowest BCUT2D eigenvalue weighted by Crippen LogP contribution is -2.38. The Morgan fingerprint density at radius 2 is 1.67 bits per heavy atom. The van der Waals surface area contributed by atoms with Crippen molar-refractivity contribution in [2.24, 2.45) is 0 Å². The number of ether oxygens (including phenoxy) is 1. The molecule has 2 N–H and O–H groups in total. The quantitative estimate of drug-likeness (QED) is 0.740. The van der Waals surface area contributed by atoms with E-state index in [0.717, 1.165) is 28.1 Å². The molecule has 0 aromatic heterocycles. The van der Waals surface area contributed by atoms with E-state index in [1.807, 2.05) is 50.2 Å². The lowest BCUT2D eigenvalue weighted by molar-refractivity contribution is 0.224. The highest BCUT2D eigenvalue weighted by Gasteiger charge is 2.04. The number of carbonyl (C=O) groups is 1. The molecule has 6 heteroatoms. The molecule has 0 aliphatic heterocycles. The molecule has 0 fully saturated rings. The molecule has 2 amide bonds. The second-order valence-electron chi connectivity index (χ2n) is 5.47. The van der Waals surface area contributed by atoms with Crippen LogP contribution in [0.4, 0.5) is 4.79 Å². The minimum Gasteiger partial charge on any atom is -0.473 e. The van der Waals surface area contributed by atoms with Gasteiger partial charge in [0, 0.05) is 16.6 Å². The molecule has 0 radical (unpaired) electrons. The van der Waals surface area contributed by atoms with Crippen LogP contribution in [0.5, 0.6) is 5.75 Å². The molecule has 0 bridgehead atoms. The fourth-order valence-corrected chi connectivity index (χ4v) is 2.44. The Morgan fingerprint density at radius 1 is 1.04 bits per heavy atom. The number of amides is 2. The maximum atomic E-state index is 11.7. The highest BCUT2D eigenvalue weighted by atomic mass is 35.5. The zero-order valence-corrected chi connectivity index (χ0v) is 15.2. The van der Waals surface area contributed by atoms with Gasteiger partial charge in [-0.1, -0.05) is 35.3 Å². The molecular formula is C18H20Cl2N2O2. The maximum absolute atomic E-state index is 11.7. The van der Waals surface area contributed by atoms with Gasteiger partial charge in [0.05, 0.1) is 0 Å². The summed E-state index contributed by atoms with van der Waals surface area (Å²) < 4.78 is 5.53. The molecule has 24 heavy (non-hydrogen) atoms. The molecule has 0 aliphatic carbocycles. The van der Waals surface area contributed by atoms with E-state index in [-0.39, 0.29) is 12.8 Å². The van der Waals surface area contributed by atoms with Crippen molar-refractivity contribution in [2.75, 3.05) is 13.3 Å². The average molecular weight is 367 g/mol. The lowest BCUT2D eigenvalue weighted by atomic mass is 10.1. The first-order valence-corrected chi connectivity index (χ1v) is 8.37. The number of nitrogens with one attached hydrogen (secondary N) is 2. The van der Waals surface area contributed by atoms with Crippen LogP contribution in [0.3, 0.4) is 0 Å². The van der Waals surface area contributed by atoms with Crippen molar-refractivity contribution >= 4 is 29.2 Å². The summed E-state index contributed by atoms with van der Waals surface area (Å²) in [6.07, 6.45) is 0.737. The minimum atomic E-state index is -0.272. The molecule has 128 valence electrons. The van der Waals surface area contributed by atoms with Crippen molar-refractivity contribution in [1.82, 2.24) is 10.6 Å². The van der Waals surface area contributed by atoms with Crippen LogP contribution in [-0.4, -0.2) is 19.3 Å². The van der Waals surface area contributed by atoms with Gasteiger partial charge in [0.15, 0.2) is 6.73 Å². The van der Waals surface area contributed by atoms with E-state index in [1.54, 1.807) is 0 Å². The third kappa shape index (κ3) is 5.62. The van der Waals surface area contributed by atoms with Crippen molar-refractivity contribution in [3.05, 3.63) is 63.1 Å². The van der Waals surface area contributed by atoms with Crippen LogP contribution in [0.1, 0.15) is 16.7 Å². The Balaban J connectivity index is 1.69. The van der Waals surface area contributed by atoms with Crippen LogP contribution in [0.25, 0.3) is 0 Å². The van der Waals surface area contributed by atoms with Crippen molar-refractivity contribution in [2.45, 2.75) is 20.3 Å². The zero-order valence-electron chi connectivity index (χ0n) is 13.7. The van der Waals surface area contributed by atoms with Gasteiger partial charge < -0.3 is 15.4 Å². The second kappa shape index (κ2) is 8.81. The molecule has 2 aromatic rings. The van der Waals surface area contributed by atoms with Gasteiger partial charge >= 0.3 is 6.03 Å². The second-order valence-corrected chi connectivity index (χ2v) is 6.28. The van der Waals surface area contributed by atoms with Crippen LogP contribution in [0.15, 0.2) is 36.4 Å². The SMILES string of the molecule is Cc1cc(OCNC(=O)NCCc2ccc(Cl)cc2)cc(C)c1Cl. The summed E-state index contributed by atoms with van der Waals surface area (Å²) >= 11 is 11.9. The molecule has 0 aliphatic rings. The van der Waals surface area contributed by atoms with Crippen molar-refractivity contribution in [3.8, 4) is 5.75 Å². The molecule has 0 saturated carbocycles. The highest BCUT2D eigenvalue weighted by molar-refractivity contribution is 6.32. The maximum Gasteiger partial charge on any atom is 0.317 e.